The number of carbonyl (C=O) groups excluding carboxylic acids is 1. The number of aromatic nitrogens is 5. The minimum atomic E-state index is -0.498. The van der Waals surface area contributed by atoms with Gasteiger partial charge < -0.3 is 25.3 Å². The van der Waals surface area contributed by atoms with Crippen LogP contribution in [-0.2, 0) is 11.3 Å². The van der Waals surface area contributed by atoms with E-state index in [-0.39, 0.29) is 17.6 Å². The molecule has 0 atom stereocenters. The van der Waals surface area contributed by atoms with Crippen LogP contribution in [-0.4, -0.2) is 79.1 Å². The Balaban J connectivity index is 1.09. The van der Waals surface area contributed by atoms with Crippen LogP contribution in [0.15, 0.2) is 42.9 Å². The van der Waals surface area contributed by atoms with Crippen LogP contribution in [0.4, 0.5) is 26.8 Å². The molecular formula is C30H36FN9O2. The zero-order chi connectivity index (χ0) is 29.3. The fourth-order valence-electron chi connectivity index (χ4n) is 4.91. The molecule has 1 saturated heterocycles. The third kappa shape index (κ3) is 6.76. The number of H-pyrrole nitrogens is 1. The van der Waals surface area contributed by atoms with Crippen LogP contribution in [0.3, 0.4) is 0 Å². The van der Waals surface area contributed by atoms with E-state index in [1.807, 2.05) is 51.1 Å². The number of anilines is 3. The molecule has 0 bridgehead atoms. The molecule has 12 heteroatoms. The van der Waals surface area contributed by atoms with Gasteiger partial charge in [-0.2, -0.15) is 0 Å². The maximum Gasteiger partial charge on any atom is 0.410 e. The van der Waals surface area contributed by atoms with Crippen molar-refractivity contribution < 1.29 is 13.9 Å². The predicted octanol–water partition coefficient (Wildman–Crippen LogP) is 5.17. The number of benzene rings is 1. The molecule has 0 unspecified atom stereocenters. The summed E-state index contributed by atoms with van der Waals surface area (Å²) in [5, 5.41) is 6.36. The second-order valence-corrected chi connectivity index (χ2v) is 11.9. The van der Waals surface area contributed by atoms with E-state index in [2.05, 4.69) is 40.5 Å². The lowest BCUT2D eigenvalue weighted by molar-refractivity contribution is 0.0139. The van der Waals surface area contributed by atoms with E-state index in [0.29, 0.717) is 36.3 Å². The predicted molar refractivity (Wildman–Crippen MR) is 159 cm³/mol. The number of imidazole rings is 1. The number of halogens is 1. The number of hydrogen-bond donors (Lipinski definition) is 3. The first-order chi connectivity index (χ1) is 20.2. The Labute approximate surface area is 243 Å². The number of nitrogens with zero attached hydrogens (tertiary/aromatic N) is 6. The highest BCUT2D eigenvalue weighted by Gasteiger charge is 2.26. The van der Waals surface area contributed by atoms with Gasteiger partial charge in [-0.05, 0) is 69.4 Å². The highest BCUT2D eigenvalue weighted by molar-refractivity contribution is 5.83. The number of piperazine rings is 1. The van der Waals surface area contributed by atoms with Gasteiger partial charge in [-0.3, -0.25) is 4.90 Å². The highest BCUT2D eigenvalue weighted by atomic mass is 19.1. The zero-order valence-electron chi connectivity index (χ0n) is 24.2. The fourth-order valence-corrected chi connectivity index (χ4v) is 4.91. The Morgan fingerprint density at radius 3 is 2.67 bits per heavy atom. The number of aromatic amines is 1. The second-order valence-electron chi connectivity index (χ2n) is 11.9. The SMILES string of the molecule is CC(C)(C)OC(=O)N1CCN(Cc2ccnc(Nc3nc4ccc(-c5ncnc(NCC6CC6)c5F)cc4[nH]3)c2)CC1. The number of ether oxygens (including phenoxy) is 1. The van der Waals surface area contributed by atoms with Gasteiger partial charge in [0.25, 0.3) is 0 Å². The molecule has 3 aromatic heterocycles. The number of hydrogen-bond acceptors (Lipinski definition) is 9. The van der Waals surface area contributed by atoms with Crippen molar-refractivity contribution in [1.82, 2.24) is 34.7 Å². The summed E-state index contributed by atoms with van der Waals surface area (Å²) < 4.78 is 20.7. The van der Waals surface area contributed by atoms with Crippen LogP contribution < -0.4 is 10.6 Å². The van der Waals surface area contributed by atoms with Crippen molar-refractivity contribution in [2.75, 3.05) is 43.4 Å². The second kappa shape index (κ2) is 11.5. The Kier molecular flexibility index (Phi) is 7.63. The molecule has 4 heterocycles. The largest absolute Gasteiger partial charge is 0.444 e. The molecular weight excluding hydrogens is 537 g/mol. The van der Waals surface area contributed by atoms with E-state index in [1.165, 1.54) is 19.2 Å². The Morgan fingerprint density at radius 1 is 1.10 bits per heavy atom. The fraction of sp³-hybridized carbons (Fsp3) is 0.433. The molecule has 2 aliphatic rings. The standard InChI is InChI=1S/C30H36FN9O2/c1-30(2,3)42-29(41)40-12-10-39(11-13-40)17-20-8-9-32-24(14-20)38-28-36-22-7-6-21(15-23(22)37-28)26-25(31)27(35-18-34-26)33-16-19-4-5-19/h6-9,14-15,18-19H,4-5,10-13,16-17H2,1-3H3,(H,33,34,35)(H2,32,36,37,38). The first kappa shape index (κ1) is 27.8. The number of pyridine rings is 1. The Morgan fingerprint density at radius 2 is 1.90 bits per heavy atom. The maximum atomic E-state index is 15.2. The van der Waals surface area contributed by atoms with E-state index < -0.39 is 11.4 Å². The van der Waals surface area contributed by atoms with E-state index in [9.17, 15) is 4.79 Å². The first-order valence-electron chi connectivity index (χ1n) is 14.4. The smallest absolute Gasteiger partial charge is 0.410 e. The molecule has 2 fully saturated rings. The Bertz CT molecular complexity index is 1570. The monoisotopic (exact) mass is 573 g/mol. The Hall–Kier alpha value is -4.32. The summed E-state index contributed by atoms with van der Waals surface area (Å²) >= 11 is 0. The van der Waals surface area contributed by atoms with E-state index >= 15 is 4.39 Å². The molecule has 0 radical (unpaired) electrons. The lowest BCUT2D eigenvalue weighted by Gasteiger charge is -2.35. The molecule has 1 amide bonds. The lowest BCUT2D eigenvalue weighted by atomic mass is 10.1. The van der Waals surface area contributed by atoms with Crippen LogP contribution in [0.5, 0.6) is 0 Å². The van der Waals surface area contributed by atoms with Gasteiger partial charge in [-0.15, -0.1) is 0 Å². The van der Waals surface area contributed by atoms with Crippen molar-refractivity contribution in [3.8, 4) is 11.3 Å². The van der Waals surface area contributed by atoms with Crippen LogP contribution in [0.25, 0.3) is 22.3 Å². The van der Waals surface area contributed by atoms with Gasteiger partial charge in [0, 0.05) is 51.0 Å². The number of amides is 1. The van der Waals surface area contributed by atoms with Gasteiger partial charge in [0.15, 0.2) is 11.6 Å². The van der Waals surface area contributed by atoms with Gasteiger partial charge in [-0.1, -0.05) is 6.07 Å². The number of fused-ring (bicyclic) bond motifs is 1. The molecule has 6 rings (SSSR count). The van der Waals surface area contributed by atoms with Gasteiger partial charge in [0.05, 0.1) is 11.0 Å². The average Bonchev–Trinajstić information content (AvgIpc) is 3.69. The molecule has 4 aromatic rings. The van der Waals surface area contributed by atoms with Crippen LogP contribution in [0.1, 0.15) is 39.2 Å². The maximum absolute atomic E-state index is 15.2. The summed E-state index contributed by atoms with van der Waals surface area (Å²) in [5.41, 5.74) is 2.97. The topological polar surface area (TPSA) is 124 Å². The molecule has 1 aliphatic carbocycles. The molecule has 1 aliphatic heterocycles. The summed E-state index contributed by atoms with van der Waals surface area (Å²) in [4.78, 5) is 37.1. The summed E-state index contributed by atoms with van der Waals surface area (Å²) in [6.45, 7) is 9.89. The minimum absolute atomic E-state index is 0.231. The molecule has 1 aromatic carbocycles. The molecule has 3 N–H and O–H groups in total. The number of rotatable bonds is 8. The summed E-state index contributed by atoms with van der Waals surface area (Å²) in [5.74, 6) is 1.57. The molecule has 0 spiro atoms. The molecule has 1 saturated carbocycles. The van der Waals surface area contributed by atoms with E-state index in [4.69, 9.17) is 4.74 Å². The van der Waals surface area contributed by atoms with Crippen LogP contribution >= 0.6 is 0 Å². The lowest BCUT2D eigenvalue weighted by Crippen LogP contribution is -2.49. The third-order valence-electron chi connectivity index (χ3n) is 7.30. The molecule has 11 nitrogen and oxygen atoms in total. The van der Waals surface area contributed by atoms with Crippen LogP contribution in [0.2, 0.25) is 0 Å². The van der Waals surface area contributed by atoms with Crippen molar-refractivity contribution in [1.29, 1.82) is 0 Å². The van der Waals surface area contributed by atoms with E-state index in [1.54, 1.807) is 11.1 Å². The van der Waals surface area contributed by atoms with Crippen molar-refractivity contribution >= 4 is 34.7 Å². The quantitative estimate of drug-likeness (QED) is 0.262. The third-order valence-corrected chi connectivity index (χ3v) is 7.30. The summed E-state index contributed by atoms with van der Waals surface area (Å²) in [6.07, 6.45) is 5.24. The van der Waals surface area contributed by atoms with Crippen molar-refractivity contribution in [3.05, 3.63) is 54.2 Å². The number of carbonyl (C=O) groups is 1. The van der Waals surface area contributed by atoms with E-state index in [0.717, 1.165) is 42.8 Å². The highest BCUT2D eigenvalue weighted by Crippen LogP contribution is 2.31. The normalized spacial score (nSPS) is 16.0. The van der Waals surface area contributed by atoms with Crippen molar-refractivity contribution in [2.24, 2.45) is 5.92 Å². The summed E-state index contributed by atoms with van der Waals surface area (Å²) in [6, 6.07) is 9.46. The van der Waals surface area contributed by atoms with Gasteiger partial charge in [-0.25, -0.2) is 29.1 Å². The van der Waals surface area contributed by atoms with Crippen LogP contribution in [0, 0.1) is 11.7 Å². The average molecular weight is 574 g/mol. The minimum Gasteiger partial charge on any atom is -0.444 e. The van der Waals surface area contributed by atoms with Gasteiger partial charge in [0.2, 0.25) is 5.95 Å². The van der Waals surface area contributed by atoms with Gasteiger partial charge in [0.1, 0.15) is 23.4 Å². The van der Waals surface area contributed by atoms with Gasteiger partial charge >= 0.3 is 6.09 Å². The van der Waals surface area contributed by atoms with Crippen molar-refractivity contribution in [2.45, 2.75) is 45.8 Å². The zero-order valence-corrected chi connectivity index (χ0v) is 24.2. The first-order valence-corrected chi connectivity index (χ1v) is 14.4. The summed E-state index contributed by atoms with van der Waals surface area (Å²) in [7, 11) is 0. The van der Waals surface area contributed by atoms with Crippen molar-refractivity contribution in [3.63, 3.8) is 0 Å². The molecule has 42 heavy (non-hydrogen) atoms. The molecule has 220 valence electrons. The number of nitrogens with one attached hydrogen (secondary N) is 3.